The summed E-state index contributed by atoms with van der Waals surface area (Å²) >= 11 is 0. The van der Waals surface area contributed by atoms with Crippen LogP contribution in [0.2, 0.25) is 0 Å². The van der Waals surface area contributed by atoms with Crippen LogP contribution in [-0.4, -0.2) is 66.8 Å². The lowest BCUT2D eigenvalue weighted by molar-refractivity contribution is -0.147. The van der Waals surface area contributed by atoms with E-state index in [0.717, 1.165) is 25.1 Å². The second kappa shape index (κ2) is 10.7. The zero-order chi connectivity index (χ0) is 27.0. The zero-order valence-corrected chi connectivity index (χ0v) is 22.4. The Kier molecular flexibility index (Phi) is 7.83. The SMILES string of the molecule is COc1cc2c(cc1OC)[C@H]1C[C@@H](OC(=O)/C=C/C(=O)N[C@H](C(=O)O)C(C)C)[C@@H]3C(C(C)C)C3N1CC2. The molecular weight excluding hydrogens is 476 g/mol. The number of rotatable bonds is 9. The van der Waals surface area contributed by atoms with Gasteiger partial charge in [0.05, 0.1) is 14.2 Å². The number of amides is 1. The second-order valence-corrected chi connectivity index (χ2v) is 10.9. The molecule has 9 heteroatoms. The minimum Gasteiger partial charge on any atom is -0.493 e. The van der Waals surface area contributed by atoms with Gasteiger partial charge in [-0.15, -0.1) is 0 Å². The van der Waals surface area contributed by atoms with Crippen molar-refractivity contribution in [3.63, 3.8) is 0 Å². The summed E-state index contributed by atoms with van der Waals surface area (Å²) in [6, 6.07) is 3.51. The molecule has 4 rings (SSSR count). The van der Waals surface area contributed by atoms with Gasteiger partial charge in [-0.25, -0.2) is 9.59 Å². The van der Waals surface area contributed by atoms with Crippen LogP contribution in [0.4, 0.5) is 0 Å². The fraction of sp³-hybridized carbons (Fsp3) is 0.607. The normalized spacial score (nSPS) is 27.2. The van der Waals surface area contributed by atoms with E-state index in [-0.39, 0.29) is 24.0 Å². The van der Waals surface area contributed by atoms with Crippen molar-refractivity contribution in [3.05, 3.63) is 35.4 Å². The van der Waals surface area contributed by atoms with Gasteiger partial charge in [0.15, 0.2) is 11.5 Å². The van der Waals surface area contributed by atoms with Crippen LogP contribution in [0.3, 0.4) is 0 Å². The summed E-state index contributed by atoms with van der Waals surface area (Å²) in [5.41, 5.74) is 2.40. The average molecular weight is 515 g/mol. The Morgan fingerprint density at radius 2 is 1.76 bits per heavy atom. The van der Waals surface area contributed by atoms with Gasteiger partial charge in [0.2, 0.25) is 5.91 Å². The van der Waals surface area contributed by atoms with Crippen molar-refractivity contribution in [2.75, 3.05) is 20.8 Å². The highest BCUT2D eigenvalue weighted by Crippen LogP contribution is 2.59. The summed E-state index contributed by atoms with van der Waals surface area (Å²) in [5.74, 6) is -0.112. The number of carboxylic acid groups (broad SMARTS) is 1. The Hall–Kier alpha value is -3.07. The van der Waals surface area contributed by atoms with Gasteiger partial charge in [-0.05, 0) is 47.4 Å². The van der Waals surface area contributed by atoms with Crippen LogP contribution in [0, 0.1) is 23.7 Å². The van der Waals surface area contributed by atoms with Crippen LogP contribution in [0.15, 0.2) is 24.3 Å². The lowest BCUT2D eigenvalue weighted by Gasteiger charge is -2.43. The Bertz CT molecular complexity index is 1080. The number of carbonyl (C=O) groups excluding carboxylic acids is 2. The monoisotopic (exact) mass is 514 g/mol. The molecule has 1 aliphatic carbocycles. The first-order valence-electron chi connectivity index (χ1n) is 13.0. The van der Waals surface area contributed by atoms with E-state index in [1.54, 1.807) is 28.1 Å². The fourth-order valence-electron chi connectivity index (χ4n) is 6.31. The van der Waals surface area contributed by atoms with Crippen LogP contribution in [-0.2, 0) is 25.5 Å². The van der Waals surface area contributed by atoms with Gasteiger partial charge in [-0.2, -0.15) is 0 Å². The molecule has 6 atom stereocenters. The molecule has 0 aromatic heterocycles. The number of aliphatic carboxylic acids is 1. The second-order valence-electron chi connectivity index (χ2n) is 10.9. The van der Waals surface area contributed by atoms with Crippen LogP contribution in [0.5, 0.6) is 11.5 Å². The predicted molar refractivity (Wildman–Crippen MR) is 136 cm³/mol. The molecule has 0 bridgehead atoms. The molecule has 202 valence electrons. The van der Waals surface area contributed by atoms with E-state index in [9.17, 15) is 19.5 Å². The van der Waals surface area contributed by atoms with E-state index in [2.05, 4.69) is 30.1 Å². The number of hydrogen-bond acceptors (Lipinski definition) is 7. The van der Waals surface area contributed by atoms with Gasteiger partial charge >= 0.3 is 11.9 Å². The molecule has 2 unspecified atom stereocenters. The van der Waals surface area contributed by atoms with E-state index >= 15 is 0 Å². The van der Waals surface area contributed by atoms with Crippen molar-refractivity contribution in [3.8, 4) is 11.5 Å². The predicted octanol–water partition coefficient (Wildman–Crippen LogP) is 2.97. The number of benzene rings is 1. The van der Waals surface area contributed by atoms with E-state index in [4.69, 9.17) is 14.2 Å². The third-order valence-corrected chi connectivity index (χ3v) is 8.04. The minimum absolute atomic E-state index is 0.0981. The number of methoxy groups -OCH3 is 2. The molecule has 3 aliphatic rings. The fourth-order valence-corrected chi connectivity index (χ4v) is 6.31. The quantitative estimate of drug-likeness (QED) is 0.382. The van der Waals surface area contributed by atoms with Crippen LogP contribution >= 0.6 is 0 Å². The van der Waals surface area contributed by atoms with Crippen molar-refractivity contribution in [1.82, 2.24) is 10.2 Å². The van der Waals surface area contributed by atoms with Gasteiger partial charge in [0.1, 0.15) is 12.1 Å². The number of carbonyl (C=O) groups is 3. The highest BCUT2D eigenvalue weighted by atomic mass is 16.5. The lowest BCUT2D eigenvalue weighted by atomic mass is 9.85. The molecule has 1 saturated carbocycles. The van der Waals surface area contributed by atoms with Crippen molar-refractivity contribution < 1.29 is 33.7 Å². The molecule has 0 radical (unpaired) electrons. The van der Waals surface area contributed by atoms with Crippen LogP contribution in [0.1, 0.15) is 51.3 Å². The maximum Gasteiger partial charge on any atom is 0.331 e. The molecule has 2 heterocycles. The molecule has 2 fully saturated rings. The summed E-state index contributed by atoms with van der Waals surface area (Å²) in [4.78, 5) is 38.9. The minimum atomic E-state index is -1.12. The molecule has 1 amide bonds. The molecule has 2 aliphatic heterocycles. The van der Waals surface area contributed by atoms with Gasteiger partial charge in [0.25, 0.3) is 0 Å². The largest absolute Gasteiger partial charge is 0.493 e. The summed E-state index contributed by atoms with van der Waals surface area (Å²) in [6.45, 7) is 8.77. The summed E-state index contributed by atoms with van der Waals surface area (Å²) in [7, 11) is 3.26. The number of hydrogen-bond donors (Lipinski definition) is 2. The molecule has 0 spiro atoms. The lowest BCUT2D eigenvalue weighted by Crippen LogP contribution is -2.45. The van der Waals surface area contributed by atoms with E-state index < -0.39 is 23.9 Å². The summed E-state index contributed by atoms with van der Waals surface area (Å²) in [5, 5.41) is 11.7. The molecule has 1 aromatic carbocycles. The van der Waals surface area contributed by atoms with Gasteiger partial charge in [-0.1, -0.05) is 27.7 Å². The third kappa shape index (κ3) is 5.32. The number of carboxylic acids is 1. The van der Waals surface area contributed by atoms with Crippen molar-refractivity contribution in [2.45, 2.75) is 64.8 Å². The highest BCUT2D eigenvalue weighted by Gasteiger charge is 2.64. The number of fused-ring (bicyclic) bond motifs is 5. The van der Waals surface area contributed by atoms with Crippen molar-refractivity contribution in [1.29, 1.82) is 0 Å². The Morgan fingerprint density at radius 1 is 1.08 bits per heavy atom. The van der Waals surface area contributed by atoms with Crippen LogP contribution in [0.25, 0.3) is 0 Å². The molecule has 37 heavy (non-hydrogen) atoms. The summed E-state index contributed by atoms with van der Waals surface area (Å²) < 4.78 is 17.0. The Labute approximate surface area is 218 Å². The molecule has 1 saturated heterocycles. The number of ether oxygens (including phenoxy) is 3. The Balaban J connectivity index is 1.51. The topological polar surface area (TPSA) is 114 Å². The van der Waals surface area contributed by atoms with Gasteiger partial charge in [0, 0.05) is 43.1 Å². The average Bonchev–Trinajstić information content (AvgIpc) is 3.61. The van der Waals surface area contributed by atoms with E-state index in [1.165, 1.54) is 11.1 Å². The smallest absolute Gasteiger partial charge is 0.331 e. The molecule has 2 N–H and O–H groups in total. The van der Waals surface area contributed by atoms with Crippen LogP contribution < -0.4 is 14.8 Å². The molecule has 9 nitrogen and oxygen atoms in total. The first-order chi connectivity index (χ1) is 17.6. The Morgan fingerprint density at radius 3 is 2.35 bits per heavy atom. The number of nitrogens with one attached hydrogen (secondary N) is 1. The van der Waals surface area contributed by atoms with Crippen molar-refractivity contribution >= 4 is 17.8 Å². The standard InChI is InChI=1S/C28H38N2O7/c1-14(2)24-25-21(37-23(32)8-7-22(31)29-26(15(3)4)28(33)34)13-18-17-12-20(36-6)19(35-5)11-16(17)9-10-30(18)27(24)25/h7-8,11-12,14-15,18,21,24-27H,9-10,13H2,1-6H3,(H,29,31)(H,33,34)/b8-7+/t18-,21-,24?,25-,26+,27?/m1/s1. The van der Waals surface area contributed by atoms with E-state index in [0.29, 0.717) is 35.8 Å². The van der Waals surface area contributed by atoms with Gasteiger partial charge in [-0.3, -0.25) is 9.69 Å². The number of piperidine rings is 1. The molecule has 1 aromatic rings. The zero-order valence-electron chi connectivity index (χ0n) is 22.4. The number of nitrogens with zero attached hydrogens (tertiary/aromatic N) is 1. The first-order valence-corrected chi connectivity index (χ1v) is 13.0. The van der Waals surface area contributed by atoms with Crippen molar-refractivity contribution in [2.24, 2.45) is 23.7 Å². The number of esters is 1. The van der Waals surface area contributed by atoms with Gasteiger partial charge < -0.3 is 24.6 Å². The van der Waals surface area contributed by atoms with E-state index in [1.807, 2.05) is 6.07 Å². The first kappa shape index (κ1) is 27.0. The summed E-state index contributed by atoms with van der Waals surface area (Å²) in [6.07, 6.45) is 3.45. The third-order valence-electron chi connectivity index (χ3n) is 8.04. The maximum atomic E-state index is 12.7. The maximum absolute atomic E-state index is 12.7. The highest BCUT2D eigenvalue weighted by molar-refractivity contribution is 5.96. The molecular formula is C28H38N2O7.